The van der Waals surface area contributed by atoms with Crippen molar-refractivity contribution in [2.45, 2.75) is 19.4 Å². The Kier molecular flexibility index (Phi) is 3.18. The van der Waals surface area contributed by atoms with Crippen LogP contribution in [0.3, 0.4) is 0 Å². The minimum absolute atomic E-state index is 0.325. The van der Waals surface area contributed by atoms with Crippen LogP contribution in [0, 0.1) is 18.6 Å². The van der Waals surface area contributed by atoms with Gasteiger partial charge in [0.1, 0.15) is 17.2 Å². The highest BCUT2D eigenvalue weighted by atomic mass is 19.1. The number of hydrogen-bond donors (Lipinski definition) is 1. The fourth-order valence-electron chi connectivity index (χ4n) is 1.91. The van der Waals surface area contributed by atoms with E-state index in [1.54, 1.807) is 26.0 Å². The molecule has 1 N–H and O–H groups in total. The SMILES string of the molecule is Cc1cc(C(C)(O)c2cccc(F)c2)ccc1F. The Bertz CT molecular complexity index is 576. The van der Waals surface area contributed by atoms with Crippen LogP contribution in [-0.2, 0) is 5.60 Å². The third-order valence-electron chi connectivity index (χ3n) is 3.11. The zero-order chi connectivity index (χ0) is 13.3. The van der Waals surface area contributed by atoms with Crippen molar-refractivity contribution >= 4 is 0 Å². The highest BCUT2D eigenvalue weighted by molar-refractivity contribution is 5.37. The number of aryl methyl sites for hydroxylation is 1. The Labute approximate surface area is 105 Å². The van der Waals surface area contributed by atoms with Gasteiger partial charge in [-0.25, -0.2) is 8.78 Å². The second kappa shape index (κ2) is 4.50. The summed E-state index contributed by atoms with van der Waals surface area (Å²) < 4.78 is 26.4. The Morgan fingerprint density at radius 1 is 1.00 bits per heavy atom. The molecule has 0 aliphatic heterocycles. The third-order valence-corrected chi connectivity index (χ3v) is 3.11. The fourth-order valence-corrected chi connectivity index (χ4v) is 1.91. The summed E-state index contributed by atoms with van der Waals surface area (Å²) in [6.45, 7) is 3.19. The molecule has 0 heterocycles. The summed E-state index contributed by atoms with van der Waals surface area (Å²) in [5, 5.41) is 10.5. The van der Waals surface area contributed by atoms with Crippen molar-refractivity contribution in [3.05, 3.63) is 70.8 Å². The summed E-state index contributed by atoms with van der Waals surface area (Å²) in [6.07, 6.45) is 0. The largest absolute Gasteiger partial charge is 0.381 e. The Hall–Kier alpha value is -1.74. The van der Waals surface area contributed by atoms with E-state index in [0.717, 1.165) is 0 Å². The van der Waals surface area contributed by atoms with Crippen LogP contribution in [0.25, 0.3) is 0 Å². The van der Waals surface area contributed by atoms with E-state index in [2.05, 4.69) is 0 Å². The number of hydrogen-bond acceptors (Lipinski definition) is 1. The van der Waals surface area contributed by atoms with E-state index in [1.807, 2.05) is 0 Å². The zero-order valence-electron chi connectivity index (χ0n) is 10.2. The summed E-state index contributed by atoms with van der Waals surface area (Å²) in [5.74, 6) is -0.736. The smallest absolute Gasteiger partial charge is 0.126 e. The summed E-state index contributed by atoms with van der Waals surface area (Å²) in [5.41, 5.74) is 0.0743. The maximum absolute atomic E-state index is 13.2. The van der Waals surface area contributed by atoms with Gasteiger partial charge < -0.3 is 5.11 Å². The minimum Gasteiger partial charge on any atom is -0.381 e. The highest BCUT2D eigenvalue weighted by Crippen LogP contribution is 2.30. The van der Waals surface area contributed by atoms with E-state index in [9.17, 15) is 13.9 Å². The molecule has 1 atom stereocenters. The van der Waals surface area contributed by atoms with Gasteiger partial charge in [-0.1, -0.05) is 18.2 Å². The molecule has 0 bridgehead atoms. The van der Waals surface area contributed by atoms with E-state index in [-0.39, 0.29) is 5.82 Å². The summed E-state index contributed by atoms with van der Waals surface area (Å²) in [7, 11) is 0. The lowest BCUT2D eigenvalue weighted by molar-refractivity contribution is 0.102. The van der Waals surface area contributed by atoms with E-state index >= 15 is 0 Å². The first-order valence-electron chi connectivity index (χ1n) is 5.66. The monoisotopic (exact) mass is 248 g/mol. The number of aliphatic hydroxyl groups is 1. The molecule has 0 aromatic heterocycles. The van der Waals surface area contributed by atoms with Crippen LogP contribution in [0.4, 0.5) is 8.78 Å². The molecule has 0 aliphatic carbocycles. The maximum atomic E-state index is 13.2. The van der Waals surface area contributed by atoms with Gasteiger partial charge in [-0.05, 0) is 54.8 Å². The molecular formula is C15H14F2O. The van der Waals surface area contributed by atoms with E-state index in [0.29, 0.717) is 16.7 Å². The van der Waals surface area contributed by atoms with Gasteiger partial charge in [0, 0.05) is 0 Å². The van der Waals surface area contributed by atoms with Gasteiger partial charge in [-0.3, -0.25) is 0 Å². The van der Waals surface area contributed by atoms with Crippen LogP contribution in [-0.4, -0.2) is 5.11 Å². The van der Waals surface area contributed by atoms with Crippen LogP contribution in [0.1, 0.15) is 23.6 Å². The van der Waals surface area contributed by atoms with Crippen molar-refractivity contribution < 1.29 is 13.9 Å². The van der Waals surface area contributed by atoms with Crippen molar-refractivity contribution in [1.82, 2.24) is 0 Å². The molecule has 2 rings (SSSR count). The van der Waals surface area contributed by atoms with Crippen molar-refractivity contribution in [3.63, 3.8) is 0 Å². The summed E-state index contributed by atoms with van der Waals surface area (Å²) >= 11 is 0. The van der Waals surface area contributed by atoms with Gasteiger partial charge in [0.2, 0.25) is 0 Å². The predicted molar refractivity (Wildman–Crippen MR) is 66.2 cm³/mol. The lowest BCUT2D eigenvalue weighted by Crippen LogP contribution is -2.23. The second-order valence-corrected chi connectivity index (χ2v) is 4.55. The van der Waals surface area contributed by atoms with Crippen LogP contribution in [0.5, 0.6) is 0 Å². The topological polar surface area (TPSA) is 20.2 Å². The number of halogens is 2. The van der Waals surface area contributed by atoms with Gasteiger partial charge in [0.05, 0.1) is 0 Å². The van der Waals surface area contributed by atoms with Gasteiger partial charge >= 0.3 is 0 Å². The minimum atomic E-state index is -1.35. The van der Waals surface area contributed by atoms with Gasteiger partial charge in [0.15, 0.2) is 0 Å². The standard InChI is InChI=1S/C15H14F2O/c1-10-8-12(6-7-14(10)17)15(2,18)11-4-3-5-13(16)9-11/h3-9,18H,1-2H3. The Balaban J connectivity index is 2.50. The van der Waals surface area contributed by atoms with Crippen molar-refractivity contribution in [3.8, 4) is 0 Å². The molecule has 2 aromatic rings. The first kappa shape index (κ1) is 12.7. The van der Waals surface area contributed by atoms with Gasteiger partial charge in [-0.2, -0.15) is 0 Å². The number of benzene rings is 2. The lowest BCUT2D eigenvalue weighted by Gasteiger charge is -2.25. The van der Waals surface area contributed by atoms with Crippen LogP contribution in [0.2, 0.25) is 0 Å². The molecule has 18 heavy (non-hydrogen) atoms. The van der Waals surface area contributed by atoms with Crippen LogP contribution >= 0.6 is 0 Å². The normalized spacial score (nSPS) is 14.3. The van der Waals surface area contributed by atoms with E-state index < -0.39 is 11.4 Å². The average Bonchev–Trinajstić information content (AvgIpc) is 2.32. The molecule has 0 fully saturated rings. The molecule has 0 saturated carbocycles. The Morgan fingerprint density at radius 2 is 1.67 bits per heavy atom. The molecule has 2 aromatic carbocycles. The quantitative estimate of drug-likeness (QED) is 0.862. The molecule has 0 radical (unpaired) electrons. The first-order chi connectivity index (χ1) is 8.41. The molecular weight excluding hydrogens is 234 g/mol. The molecule has 1 unspecified atom stereocenters. The van der Waals surface area contributed by atoms with Crippen LogP contribution < -0.4 is 0 Å². The van der Waals surface area contributed by atoms with Gasteiger partial charge in [0.25, 0.3) is 0 Å². The van der Waals surface area contributed by atoms with E-state index in [4.69, 9.17) is 0 Å². The predicted octanol–water partition coefficient (Wildman–Crippen LogP) is 3.53. The lowest BCUT2D eigenvalue weighted by atomic mass is 9.87. The Morgan fingerprint density at radius 3 is 2.28 bits per heavy atom. The zero-order valence-corrected chi connectivity index (χ0v) is 10.2. The van der Waals surface area contributed by atoms with Gasteiger partial charge in [-0.15, -0.1) is 0 Å². The molecule has 0 aliphatic rings. The third kappa shape index (κ3) is 2.27. The first-order valence-corrected chi connectivity index (χ1v) is 5.66. The second-order valence-electron chi connectivity index (χ2n) is 4.55. The van der Waals surface area contributed by atoms with E-state index in [1.165, 1.54) is 30.3 Å². The molecule has 0 saturated heterocycles. The molecule has 0 amide bonds. The molecule has 3 heteroatoms. The number of rotatable bonds is 2. The average molecular weight is 248 g/mol. The van der Waals surface area contributed by atoms with Crippen molar-refractivity contribution in [2.24, 2.45) is 0 Å². The molecule has 94 valence electrons. The summed E-state index contributed by atoms with van der Waals surface area (Å²) in [4.78, 5) is 0. The maximum Gasteiger partial charge on any atom is 0.126 e. The summed E-state index contributed by atoms with van der Waals surface area (Å²) in [6, 6.07) is 10.2. The fraction of sp³-hybridized carbons (Fsp3) is 0.200. The molecule has 0 spiro atoms. The van der Waals surface area contributed by atoms with Crippen molar-refractivity contribution in [2.75, 3.05) is 0 Å². The molecule has 1 nitrogen and oxygen atoms in total. The highest BCUT2D eigenvalue weighted by Gasteiger charge is 2.26. The van der Waals surface area contributed by atoms with Crippen LogP contribution in [0.15, 0.2) is 42.5 Å². The van der Waals surface area contributed by atoms with Crippen molar-refractivity contribution in [1.29, 1.82) is 0 Å².